The number of esters is 1. The molecular formula is C16H33NO4S. The maximum absolute atomic E-state index is 11.7. The van der Waals surface area contributed by atoms with Crippen LogP contribution in [0.4, 0.5) is 0 Å². The summed E-state index contributed by atoms with van der Waals surface area (Å²) in [6.45, 7) is 3.90. The van der Waals surface area contributed by atoms with Gasteiger partial charge in [0.25, 0.3) is 0 Å². The molecule has 5 nitrogen and oxygen atoms in total. The highest BCUT2D eigenvalue weighted by atomic mass is 32.2. The lowest BCUT2D eigenvalue weighted by Crippen LogP contribution is -2.32. The summed E-state index contributed by atoms with van der Waals surface area (Å²) in [6, 6.07) is 0. The summed E-state index contributed by atoms with van der Waals surface area (Å²) in [5, 5.41) is 0. The van der Waals surface area contributed by atoms with Crippen molar-refractivity contribution in [1.29, 1.82) is 0 Å². The molecule has 0 bridgehead atoms. The normalized spacial score (nSPS) is 11.5. The molecule has 0 fully saturated rings. The quantitative estimate of drug-likeness (QED) is 0.368. The average molecular weight is 336 g/mol. The molecule has 0 aliphatic carbocycles. The van der Waals surface area contributed by atoms with Crippen molar-refractivity contribution in [3.05, 3.63) is 0 Å². The van der Waals surface area contributed by atoms with Gasteiger partial charge in [-0.15, -0.1) is 0 Å². The van der Waals surface area contributed by atoms with E-state index in [0.29, 0.717) is 6.42 Å². The Morgan fingerprint density at radius 3 is 1.86 bits per heavy atom. The molecular weight excluding hydrogens is 302 g/mol. The molecule has 0 unspecified atom stereocenters. The maximum Gasteiger partial charge on any atom is 0.320 e. The summed E-state index contributed by atoms with van der Waals surface area (Å²) in [4.78, 5) is 11.1. The second kappa shape index (κ2) is 14.0. The summed E-state index contributed by atoms with van der Waals surface area (Å²) in [5.74, 6) is -0.447. The van der Waals surface area contributed by atoms with E-state index < -0.39 is 16.0 Å². The van der Waals surface area contributed by atoms with Crippen LogP contribution in [0.25, 0.3) is 0 Å². The number of nitrogens with one attached hydrogen (secondary N) is 1. The molecule has 0 aliphatic rings. The molecule has 0 amide bonds. The van der Waals surface area contributed by atoms with Crippen molar-refractivity contribution in [2.45, 2.75) is 78.1 Å². The largest absolute Gasteiger partial charge is 0.465 e. The van der Waals surface area contributed by atoms with Gasteiger partial charge in [0.15, 0.2) is 0 Å². The van der Waals surface area contributed by atoms with E-state index in [0.717, 1.165) is 12.8 Å². The molecule has 22 heavy (non-hydrogen) atoms. The van der Waals surface area contributed by atoms with Crippen molar-refractivity contribution in [2.24, 2.45) is 0 Å². The van der Waals surface area contributed by atoms with Gasteiger partial charge in [-0.05, 0) is 13.3 Å². The second-order valence-corrected chi connectivity index (χ2v) is 7.55. The smallest absolute Gasteiger partial charge is 0.320 e. The molecule has 1 N–H and O–H groups in total. The van der Waals surface area contributed by atoms with Crippen molar-refractivity contribution in [3.63, 3.8) is 0 Å². The van der Waals surface area contributed by atoms with E-state index in [9.17, 15) is 13.2 Å². The molecule has 0 atom stereocenters. The summed E-state index contributed by atoms with van der Waals surface area (Å²) < 4.78 is 30.3. The monoisotopic (exact) mass is 335 g/mol. The zero-order valence-electron chi connectivity index (χ0n) is 14.2. The van der Waals surface area contributed by atoms with Gasteiger partial charge in [-0.2, -0.15) is 0 Å². The predicted octanol–water partition coefficient (Wildman–Crippen LogP) is 3.39. The highest BCUT2D eigenvalue weighted by Gasteiger charge is 2.12. The second-order valence-electron chi connectivity index (χ2n) is 5.63. The predicted molar refractivity (Wildman–Crippen MR) is 90.3 cm³/mol. The zero-order valence-corrected chi connectivity index (χ0v) is 15.1. The van der Waals surface area contributed by atoms with E-state index >= 15 is 0 Å². The Bertz CT molecular complexity index is 368. The Kier molecular flexibility index (Phi) is 13.6. The Morgan fingerprint density at radius 1 is 0.864 bits per heavy atom. The first kappa shape index (κ1) is 21.4. The van der Waals surface area contributed by atoms with Crippen molar-refractivity contribution in [2.75, 3.05) is 18.9 Å². The Morgan fingerprint density at radius 2 is 1.36 bits per heavy atom. The fourth-order valence-electron chi connectivity index (χ4n) is 2.23. The van der Waals surface area contributed by atoms with E-state index in [4.69, 9.17) is 0 Å². The van der Waals surface area contributed by atoms with E-state index in [1.54, 1.807) is 6.92 Å². The van der Waals surface area contributed by atoms with Crippen LogP contribution in [0.1, 0.15) is 78.1 Å². The van der Waals surface area contributed by atoms with Crippen LogP contribution >= 0.6 is 0 Å². The number of carbonyl (C=O) groups is 1. The molecule has 0 heterocycles. The highest BCUT2D eigenvalue weighted by Crippen LogP contribution is 2.10. The lowest BCUT2D eigenvalue weighted by Gasteiger charge is -2.06. The first-order valence-corrected chi connectivity index (χ1v) is 10.3. The molecule has 0 aromatic rings. The van der Waals surface area contributed by atoms with Crippen LogP contribution in [0.2, 0.25) is 0 Å². The molecule has 0 spiro atoms. The lowest BCUT2D eigenvalue weighted by atomic mass is 10.1. The van der Waals surface area contributed by atoms with Crippen LogP contribution in [0.5, 0.6) is 0 Å². The van der Waals surface area contributed by atoms with Gasteiger partial charge < -0.3 is 4.74 Å². The zero-order chi connectivity index (χ0) is 16.7. The van der Waals surface area contributed by atoms with E-state index in [2.05, 4.69) is 16.4 Å². The molecule has 0 aromatic heterocycles. The minimum atomic E-state index is -3.35. The first-order chi connectivity index (χ1) is 10.5. The van der Waals surface area contributed by atoms with Gasteiger partial charge in [0.1, 0.15) is 6.54 Å². The number of unbranched alkanes of at least 4 members (excludes halogenated alkanes) is 9. The van der Waals surface area contributed by atoms with E-state index in [1.165, 1.54) is 44.9 Å². The Hall–Kier alpha value is -0.620. The van der Waals surface area contributed by atoms with Crippen LogP contribution < -0.4 is 4.72 Å². The Balaban J connectivity index is 3.47. The first-order valence-electron chi connectivity index (χ1n) is 8.64. The van der Waals surface area contributed by atoms with Crippen LogP contribution in [-0.4, -0.2) is 33.3 Å². The van der Waals surface area contributed by atoms with Crippen molar-refractivity contribution in [3.8, 4) is 0 Å². The number of sulfonamides is 1. The third-order valence-electron chi connectivity index (χ3n) is 3.51. The maximum atomic E-state index is 11.7. The van der Waals surface area contributed by atoms with Crippen molar-refractivity contribution >= 4 is 16.0 Å². The third kappa shape index (κ3) is 14.3. The lowest BCUT2D eigenvalue weighted by molar-refractivity contribution is -0.141. The van der Waals surface area contributed by atoms with Gasteiger partial charge in [0.2, 0.25) is 10.0 Å². The average Bonchev–Trinajstić information content (AvgIpc) is 2.47. The standard InChI is InChI=1S/C16H33NO4S/c1-3-5-6-7-8-9-10-11-12-13-14-22(19,20)17-15-16(18)21-4-2/h17H,3-15H2,1-2H3. The topological polar surface area (TPSA) is 72.5 Å². The van der Waals surface area contributed by atoms with Gasteiger partial charge in [0.05, 0.1) is 12.4 Å². The molecule has 0 aliphatic heterocycles. The Labute approximate surface area is 136 Å². The highest BCUT2D eigenvalue weighted by molar-refractivity contribution is 7.89. The van der Waals surface area contributed by atoms with Crippen molar-refractivity contribution in [1.82, 2.24) is 4.72 Å². The van der Waals surface area contributed by atoms with E-state index in [-0.39, 0.29) is 18.9 Å². The number of hydrogen-bond acceptors (Lipinski definition) is 4. The number of hydrogen-bond donors (Lipinski definition) is 1. The van der Waals surface area contributed by atoms with Crippen LogP contribution in [0, 0.1) is 0 Å². The number of rotatable bonds is 15. The minimum Gasteiger partial charge on any atom is -0.465 e. The van der Waals surface area contributed by atoms with Gasteiger partial charge >= 0.3 is 5.97 Å². The van der Waals surface area contributed by atoms with Crippen LogP contribution in [-0.2, 0) is 19.6 Å². The number of ether oxygens (including phenoxy) is 1. The molecule has 0 aromatic carbocycles. The van der Waals surface area contributed by atoms with Gasteiger partial charge in [-0.3, -0.25) is 4.79 Å². The van der Waals surface area contributed by atoms with Crippen molar-refractivity contribution < 1.29 is 17.9 Å². The summed E-state index contributed by atoms with van der Waals surface area (Å²) in [6.07, 6.45) is 11.6. The van der Waals surface area contributed by atoms with Gasteiger partial charge in [-0.25, -0.2) is 13.1 Å². The SMILES string of the molecule is CCCCCCCCCCCCS(=O)(=O)NCC(=O)OCC. The molecule has 6 heteroatoms. The fourth-order valence-corrected chi connectivity index (χ4v) is 3.30. The summed E-state index contributed by atoms with van der Waals surface area (Å²) >= 11 is 0. The molecule has 132 valence electrons. The van der Waals surface area contributed by atoms with Gasteiger partial charge in [0, 0.05) is 0 Å². The summed E-state index contributed by atoms with van der Waals surface area (Å²) in [7, 11) is -3.35. The molecule has 0 saturated heterocycles. The summed E-state index contributed by atoms with van der Waals surface area (Å²) in [5.41, 5.74) is 0. The fraction of sp³-hybridized carbons (Fsp3) is 0.938. The minimum absolute atomic E-state index is 0.0862. The molecule has 0 radical (unpaired) electrons. The molecule has 0 saturated carbocycles. The third-order valence-corrected chi connectivity index (χ3v) is 4.92. The molecule has 0 rings (SSSR count). The number of carbonyl (C=O) groups excluding carboxylic acids is 1. The van der Waals surface area contributed by atoms with Gasteiger partial charge in [-0.1, -0.05) is 64.7 Å². The van der Waals surface area contributed by atoms with Crippen LogP contribution in [0.3, 0.4) is 0 Å². The van der Waals surface area contributed by atoms with E-state index in [1.807, 2.05) is 0 Å². The van der Waals surface area contributed by atoms with Crippen LogP contribution in [0.15, 0.2) is 0 Å².